The number of hydrogen-bond acceptors (Lipinski definition) is 3. The molecule has 1 amide bonds. The van der Waals surface area contributed by atoms with Crippen LogP contribution in [0.5, 0.6) is 5.75 Å². The highest BCUT2D eigenvalue weighted by atomic mass is 35.5. The number of hydrogen-bond donors (Lipinski definition) is 1. The Labute approximate surface area is 135 Å². The van der Waals surface area contributed by atoms with E-state index in [1.54, 1.807) is 12.1 Å². The van der Waals surface area contributed by atoms with E-state index in [2.05, 4.69) is 5.32 Å². The van der Waals surface area contributed by atoms with Gasteiger partial charge in [0.1, 0.15) is 5.75 Å². The maximum absolute atomic E-state index is 12.0. The van der Waals surface area contributed by atoms with Gasteiger partial charge in [-0.25, -0.2) is 0 Å². The molecule has 22 heavy (non-hydrogen) atoms. The summed E-state index contributed by atoms with van der Waals surface area (Å²) in [6.07, 6.45) is 0. The second-order valence-electron chi connectivity index (χ2n) is 5.21. The maximum atomic E-state index is 12.0. The molecule has 0 aliphatic heterocycles. The summed E-state index contributed by atoms with van der Waals surface area (Å²) in [5.41, 5.74) is 2.69. The molecule has 2 aromatic carbocycles. The van der Waals surface area contributed by atoms with Gasteiger partial charge in [0.05, 0.1) is 11.4 Å². The van der Waals surface area contributed by atoms with Crippen molar-refractivity contribution < 1.29 is 9.53 Å². The lowest BCUT2D eigenvalue weighted by molar-refractivity contribution is -0.118. The zero-order valence-electron chi connectivity index (χ0n) is 12.9. The van der Waals surface area contributed by atoms with E-state index in [4.69, 9.17) is 16.3 Å². The largest absolute Gasteiger partial charge is 0.484 e. The first-order valence-corrected chi connectivity index (χ1v) is 7.29. The van der Waals surface area contributed by atoms with Crippen LogP contribution in [0.25, 0.3) is 0 Å². The monoisotopic (exact) mass is 318 g/mol. The average Bonchev–Trinajstić information content (AvgIpc) is 2.46. The molecule has 0 aromatic heterocycles. The van der Waals surface area contributed by atoms with Crippen molar-refractivity contribution in [2.45, 2.75) is 6.92 Å². The fourth-order valence-corrected chi connectivity index (χ4v) is 2.14. The molecule has 0 saturated heterocycles. The van der Waals surface area contributed by atoms with Crippen molar-refractivity contribution in [2.24, 2.45) is 0 Å². The molecule has 5 heteroatoms. The molecule has 1 N–H and O–H groups in total. The summed E-state index contributed by atoms with van der Waals surface area (Å²) in [5, 5.41) is 3.39. The van der Waals surface area contributed by atoms with Crippen LogP contribution in [0.3, 0.4) is 0 Å². The van der Waals surface area contributed by atoms with Crippen LogP contribution in [0.1, 0.15) is 5.56 Å². The molecule has 2 rings (SSSR count). The second-order valence-corrected chi connectivity index (χ2v) is 5.64. The normalized spacial score (nSPS) is 10.2. The highest BCUT2D eigenvalue weighted by molar-refractivity contribution is 6.31. The van der Waals surface area contributed by atoms with E-state index in [1.165, 1.54) is 0 Å². The van der Waals surface area contributed by atoms with E-state index >= 15 is 0 Å². The Hall–Kier alpha value is -2.20. The number of nitrogens with one attached hydrogen (secondary N) is 1. The number of benzene rings is 2. The number of anilines is 2. The minimum atomic E-state index is -0.231. The van der Waals surface area contributed by atoms with Crippen LogP contribution in [0.4, 0.5) is 11.4 Å². The van der Waals surface area contributed by atoms with Crippen LogP contribution in [-0.4, -0.2) is 26.6 Å². The SMILES string of the molecule is Cc1ccc(OCC(=O)Nc2cc(Cl)ccc2N(C)C)cc1. The fourth-order valence-electron chi connectivity index (χ4n) is 1.97. The number of halogens is 1. The Balaban J connectivity index is 2.00. The molecule has 0 unspecified atom stereocenters. The van der Waals surface area contributed by atoms with E-state index in [-0.39, 0.29) is 12.5 Å². The van der Waals surface area contributed by atoms with Crippen LogP contribution >= 0.6 is 11.6 Å². The fraction of sp³-hybridized carbons (Fsp3) is 0.235. The zero-order valence-corrected chi connectivity index (χ0v) is 13.6. The van der Waals surface area contributed by atoms with Gasteiger partial charge in [0.25, 0.3) is 5.91 Å². The lowest BCUT2D eigenvalue weighted by Crippen LogP contribution is -2.22. The summed E-state index contributed by atoms with van der Waals surface area (Å²) < 4.78 is 5.47. The third-order valence-electron chi connectivity index (χ3n) is 3.11. The molecule has 2 aromatic rings. The third-order valence-corrected chi connectivity index (χ3v) is 3.34. The Morgan fingerprint density at radius 1 is 1.18 bits per heavy atom. The number of carbonyl (C=O) groups is 1. The van der Waals surface area contributed by atoms with Crippen molar-refractivity contribution in [1.82, 2.24) is 0 Å². The smallest absolute Gasteiger partial charge is 0.262 e. The molecule has 116 valence electrons. The second kappa shape index (κ2) is 7.18. The Morgan fingerprint density at radius 2 is 1.86 bits per heavy atom. The van der Waals surface area contributed by atoms with E-state index < -0.39 is 0 Å². The predicted molar refractivity (Wildman–Crippen MR) is 91.1 cm³/mol. The predicted octanol–water partition coefficient (Wildman–Crippen LogP) is 3.73. The molecule has 0 aliphatic carbocycles. The van der Waals surface area contributed by atoms with Gasteiger partial charge >= 0.3 is 0 Å². The van der Waals surface area contributed by atoms with Crippen LogP contribution in [-0.2, 0) is 4.79 Å². The first kappa shape index (κ1) is 16.2. The van der Waals surface area contributed by atoms with Crippen molar-refractivity contribution in [2.75, 3.05) is 30.9 Å². The van der Waals surface area contributed by atoms with Gasteiger partial charge in [0.2, 0.25) is 0 Å². The lowest BCUT2D eigenvalue weighted by atomic mass is 10.2. The molecular weight excluding hydrogens is 300 g/mol. The van der Waals surface area contributed by atoms with E-state index in [0.717, 1.165) is 11.3 Å². The van der Waals surface area contributed by atoms with Crippen LogP contribution in [0.15, 0.2) is 42.5 Å². The minimum Gasteiger partial charge on any atom is -0.484 e. The molecule has 0 heterocycles. The standard InChI is InChI=1S/C17H19ClN2O2/c1-12-4-7-14(8-5-12)22-11-17(21)19-15-10-13(18)6-9-16(15)20(2)3/h4-10H,11H2,1-3H3,(H,19,21). The van der Waals surface area contributed by atoms with Crippen molar-refractivity contribution >= 4 is 28.9 Å². The topological polar surface area (TPSA) is 41.6 Å². The van der Waals surface area contributed by atoms with Gasteiger partial charge in [0, 0.05) is 19.1 Å². The summed E-state index contributed by atoms with van der Waals surface area (Å²) in [7, 11) is 3.81. The van der Waals surface area contributed by atoms with Crippen molar-refractivity contribution in [1.29, 1.82) is 0 Å². The number of aryl methyl sites for hydroxylation is 1. The van der Waals surface area contributed by atoms with Gasteiger partial charge in [-0.15, -0.1) is 0 Å². The third kappa shape index (κ3) is 4.40. The average molecular weight is 319 g/mol. The maximum Gasteiger partial charge on any atom is 0.262 e. The zero-order chi connectivity index (χ0) is 16.1. The summed E-state index contributed by atoms with van der Waals surface area (Å²) in [6.45, 7) is 1.95. The molecule has 0 aliphatic rings. The lowest BCUT2D eigenvalue weighted by Gasteiger charge is -2.18. The van der Waals surface area contributed by atoms with E-state index in [0.29, 0.717) is 16.5 Å². The van der Waals surface area contributed by atoms with Gasteiger partial charge in [0.15, 0.2) is 6.61 Å². The molecular formula is C17H19ClN2O2. The quantitative estimate of drug-likeness (QED) is 0.913. The highest BCUT2D eigenvalue weighted by Crippen LogP contribution is 2.27. The summed E-state index contributed by atoms with van der Waals surface area (Å²) in [6, 6.07) is 12.9. The Morgan fingerprint density at radius 3 is 2.50 bits per heavy atom. The van der Waals surface area contributed by atoms with Gasteiger partial charge in [-0.2, -0.15) is 0 Å². The molecule has 4 nitrogen and oxygen atoms in total. The van der Waals surface area contributed by atoms with Gasteiger partial charge in [-0.05, 0) is 37.3 Å². The Bertz CT molecular complexity index is 654. The molecule has 0 fully saturated rings. The van der Waals surface area contributed by atoms with E-state index in [1.807, 2.05) is 56.3 Å². The van der Waals surface area contributed by atoms with Crippen LogP contribution in [0, 0.1) is 6.92 Å². The number of ether oxygens (including phenoxy) is 1. The summed E-state index contributed by atoms with van der Waals surface area (Å²) in [5.74, 6) is 0.436. The van der Waals surface area contributed by atoms with Crippen LogP contribution < -0.4 is 15.0 Å². The summed E-state index contributed by atoms with van der Waals surface area (Å²) in [4.78, 5) is 14.0. The first-order valence-electron chi connectivity index (χ1n) is 6.92. The van der Waals surface area contributed by atoms with Crippen molar-refractivity contribution in [3.8, 4) is 5.75 Å². The number of carbonyl (C=O) groups excluding carboxylic acids is 1. The van der Waals surface area contributed by atoms with Gasteiger partial charge < -0.3 is 15.0 Å². The van der Waals surface area contributed by atoms with Crippen LogP contribution in [0.2, 0.25) is 5.02 Å². The Kier molecular flexibility index (Phi) is 5.28. The number of nitrogens with zero attached hydrogens (tertiary/aromatic N) is 1. The molecule has 0 saturated carbocycles. The van der Waals surface area contributed by atoms with E-state index in [9.17, 15) is 4.79 Å². The van der Waals surface area contributed by atoms with Crippen molar-refractivity contribution in [3.63, 3.8) is 0 Å². The number of amides is 1. The number of rotatable bonds is 5. The molecule has 0 atom stereocenters. The molecule has 0 bridgehead atoms. The first-order chi connectivity index (χ1) is 10.5. The summed E-state index contributed by atoms with van der Waals surface area (Å²) >= 11 is 5.99. The van der Waals surface area contributed by atoms with Gasteiger partial charge in [-0.1, -0.05) is 29.3 Å². The molecule has 0 radical (unpaired) electrons. The highest BCUT2D eigenvalue weighted by Gasteiger charge is 2.10. The minimum absolute atomic E-state index is 0.0531. The molecule has 0 spiro atoms. The van der Waals surface area contributed by atoms with Gasteiger partial charge in [-0.3, -0.25) is 4.79 Å². The van der Waals surface area contributed by atoms with Crippen molar-refractivity contribution in [3.05, 3.63) is 53.1 Å².